The number of rotatable bonds is 14. The fourth-order valence-electron chi connectivity index (χ4n) is 4.21. The zero-order chi connectivity index (χ0) is 29.3. The monoisotopic (exact) mass is 616 g/mol. The average molecular weight is 618 g/mol. The van der Waals surface area contributed by atoms with Crippen molar-refractivity contribution in [2.24, 2.45) is 0 Å². The van der Waals surface area contributed by atoms with Crippen molar-refractivity contribution >= 4 is 38.8 Å². The van der Waals surface area contributed by atoms with Crippen LogP contribution in [0, 0.1) is 0 Å². The van der Waals surface area contributed by atoms with Gasteiger partial charge in [0.25, 0.3) is 5.78 Å². The minimum absolute atomic E-state index is 0.0153. The van der Waals surface area contributed by atoms with Crippen molar-refractivity contribution in [3.8, 4) is 5.75 Å². The van der Waals surface area contributed by atoms with Gasteiger partial charge in [-0.2, -0.15) is 13.2 Å². The molecule has 0 saturated heterocycles. The van der Waals surface area contributed by atoms with Gasteiger partial charge in [-0.1, -0.05) is 59.6 Å². The molecule has 0 aliphatic carbocycles. The first-order chi connectivity index (χ1) is 18.9. The summed E-state index contributed by atoms with van der Waals surface area (Å²) in [7, 11) is -2.36. The van der Waals surface area contributed by atoms with Gasteiger partial charge in [-0.15, -0.1) is 0 Å². The molecule has 0 fully saturated rings. The normalized spacial score (nSPS) is 12.9. The fraction of sp³-hybridized carbons (Fsp3) is 0.345. The van der Waals surface area contributed by atoms with Gasteiger partial charge in [0.15, 0.2) is 9.84 Å². The first kappa shape index (κ1) is 31.9. The lowest BCUT2D eigenvalue weighted by atomic mass is 9.88. The second kappa shape index (κ2) is 14.3. The van der Waals surface area contributed by atoms with Gasteiger partial charge in [-0.05, 0) is 65.9 Å². The van der Waals surface area contributed by atoms with Crippen molar-refractivity contribution in [3.05, 3.63) is 99.5 Å². The van der Waals surface area contributed by atoms with Crippen LogP contribution in [0.4, 0.5) is 13.2 Å². The summed E-state index contributed by atoms with van der Waals surface area (Å²) in [6, 6.07) is 21.0. The molecule has 3 aromatic rings. The molecular weight excluding hydrogens is 588 g/mol. The number of benzene rings is 3. The number of sulfone groups is 1. The smallest absolute Gasteiger partial charge is 0.452 e. The molecule has 216 valence electrons. The zero-order valence-corrected chi connectivity index (χ0v) is 24.0. The number of carbonyl (C=O) groups excluding carboxylic acids is 1. The molecule has 40 heavy (non-hydrogen) atoms. The van der Waals surface area contributed by atoms with Gasteiger partial charge >= 0.3 is 6.18 Å². The highest BCUT2D eigenvalue weighted by molar-refractivity contribution is 7.91. The van der Waals surface area contributed by atoms with Crippen molar-refractivity contribution in [2.75, 3.05) is 25.2 Å². The van der Waals surface area contributed by atoms with Crippen molar-refractivity contribution in [1.82, 2.24) is 0 Å². The Morgan fingerprint density at radius 2 is 1.38 bits per heavy atom. The van der Waals surface area contributed by atoms with E-state index >= 15 is 0 Å². The van der Waals surface area contributed by atoms with E-state index < -0.39 is 27.9 Å². The minimum Gasteiger partial charge on any atom is -0.493 e. The number of hydrogen-bond acceptors (Lipinski definition) is 5. The molecule has 0 amide bonds. The number of hydrogen-bond donors (Lipinski definition) is 0. The molecule has 0 aromatic heterocycles. The van der Waals surface area contributed by atoms with E-state index in [-0.39, 0.29) is 30.5 Å². The first-order valence-electron chi connectivity index (χ1n) is 12.4. The van der Waals surface area contributed by atoms with Crippen LogP contribution in [0.3, 0.4) is 0 Å². The van der Waals surface area contributed by atoms with Crippen molar-refractivity contribution in [1.29, 1.82) is 0 Å². The van der Waals surface area contributed by atoms with E-state index in [1.165, 1.54) is 24.3 Å². The summed E-state index contributed by atoms with van der Waals surface area (Å²) >= 11 is 12.1. The second-order valence-electron chi connectivity index (χ2n) is 9.23. The highest BCUT2D eigenvalue weighted by Crippen LogP contribution is 2.31. The van der Waals surface area contributed by atoms with Crippen LogP contribution in [0.25, 0.3) is 0 Å². The first-order valence-corrected chi connectivity index (χ1v) is 15.0. The van der Waals surface area contributed by atoms with Crippen LogP contribution in [-0.4, -0.2) is 51.7 Å². The topological polar surface area (TPSA) is 69.7 Å². The quantitative estimate of drug-likeness (QED) is 0.193. The summed E-state index contributed by atoms with van der Waals surface area (Å²) in [6.07, 6.45) is -5.84. The Hall–Kier alpha value is -2.59. The maximum absolute atomic E-state index is 12.7. The van der Waals surface area contributed by atoms with E-state index in [1.807, 2.05) is 24.3 Å². The molecule has 3 aromatic carbocycles. The Balaban J connectivity index is 1.51. The summed E-state index contributed by atoms with van der Waals surface area (Å²) in [5, 5.41) is 1.23. The van der Waals surface area contributed by atoms with E-state index in [0.29, 0.717) is 34.2 Å². The molecule has 11 heteroatoms. The van der Waals surface area contributed by atoms with Crippen LogP contribution in [0.15, 0.2) is 72.8 Å². The van der Waals surface area contributed by atoms with E-state index in [9.17, 15) is 26.4 Å². The number of Topliss-reactive ketones (excluding diaryl/α,β-unsaturated/α-hetero) is 1. The van der Waals surface area contributed by atoms with Gasteiger partial charge in [0, 0.05) is 29.5 Å². The molecule has 0 bridgehead atoms. The summed E-state index contributed by atoms with van der Waals surface area (Å²) in [5.41, 5.74) is 2.49. The van der Waals surface area contributed by atoms with E-state index in [2.05, 4.69) is 0 Å². The molecule has 0 saturated carbocycles. The largest absolute Gasteiger partial charge is 0.493 e. The number of methoxy groups -OCH3 is 1. The van der Waals surface area contributed by atoms with Crippen LogP contribution in [-0.2, 0) is 25.8 Å². The lowest BCUT2D eigenvalue weighted by molar-refractivity contribution is -0.181. The molecule has 1 atom stereocenters. The molecule has 0 N–H and O–H groups in total. The second-order valence-corrected chi connectivity index (χ2v) is 12.4. The van der Waals surface area contributed by atoms with Crippen LogP contribution in [0.5, 0.6) is 5.75 Å². The number of ether oxygens (including phenoxy) is 2. The molecule has 1 unspecified atom stereocenters. The van der Waals surface area contributed by atoms with Gasteiger partial charge in [-0.25, -0.2) is 8.42 Å². The number of carbonyl (C=O) groups is 1. The third-order valence-electron chi connectivity index (χ3n) is 6.36. The maximum atomic E-state index is 12.7. The fourth-order valence-corrected chi connectivity index (χ4v) is 5.61. The summed E-state index contributed by atoms with van der Waals surface area (Å²) in [6.45, 7) is -0.0767. The Morgan fingerprint density at radius 3 is 1.85 bits per heavy atom. The lowest BCUT2D eigenvalue weighted by Gasteiger charge is -2.18. The van der Waals surface area contributed by atoms with Crippen molar-refractivity contribution in [3.63, 3.8) is 0 Å². The number of halogens is 5. The van der Waals surface area contributed by atoms with Crippen molar-refractivity contribution < 1.29 is 35.9 Å². The molecule has 0 aliphatic rings. The summed E-state index contributed by atoms with van der Waals surface area (Å²) in [5.74, 6) is -1.82. The molecule has 0 radical (unpaired) electrons. The standard InChI is InChI=1S/C29H29Cl2F3O5S/c1-38-27(28(35)29(32,33)34)19-20-4-14-25(15-5-20)39-16-18-40(36,37)17-2-3-26(21-6-10-23(30)11-7-21)22-8-12-24(31)13-9-22/h4-15,26-27H,2-3,16-19H2,1H3. The highest BCUT2D eigenvalue weighted by Gasteiger charge is 2.43. The molecule has 0 heterocycles. The third kappa shape index (κ3) is 9.80. The van der Waals surface area contributed by atoms with Crippen LogP contribution >= 0.6 is 23.2 Å². The highest BCUT2D eigenvalue weighted by atomic mass is 35.5. The molecule has 0 aliphatic heterocycles. The van der Waals surface area contributed by atoms with Crippen LogP contribution in [0.1, 0.15) is 35.4 Å². The Bertz CT molecular complexity index is 1300. The van der Waals surface area contributed by atoms with Crippen LogP contribution < -0.4 is 4.74 Å². The lowest BCUT2D eigenvalue weighted by Crippen LogP contribution is -2.37. The summed E-state index contributed by atoms with van der Waals surface area (Å²) < 4.78 is 73.6. The molecule has 5 nitrogen and oxygen atoms in total. The van der Waals surface area contributed by atoms with Gasteiger partial charge in [-0.3, -0.25) is 4.79 Å². The Morgan fingerprint density at radius 1 is 0.850 bits per heavy atom. The minimum atomic E-state index is -4.98. The predicted octanol–water partition coefficient (Wildman–Crippen LogP) is 7.09. The van der Waals surface area contributed by atoms with Gasteiger partial charge in [0.05, 0.1) is 11.5 Å². The third-order valence-corrected chi connectivity index (χ3v) is 8.56. The molecule has 0 spiro atoms. The van der Waals surface area contributed by atoms with E-state index in [4.69, 9.17) is 32.7 Å². The number of alkyl halides is 3. The average Bonchev–Trinajstić information content (AvgIpc) is 2.91. The molecular formula is C29H29Cl2F3O5S. The maximum Gasteiger partial charge on any atom is 0.452 e. The zero-order valence-electron chi connectivity index (χ0n) is 21.7. The Labute approximate surface area is 242 Å². The van der Waals surface area contributed by atoms with Gasteiger partial charge in [0.2, 0.25) is 0 Å². The Kier molecular flexibility index (Phi) is 11.5. The SMILES string of the molecule is COC(Cc1ccc(OCCS(=O)(=O)CCCC(c2ccc(Cl)cc2)c2ccc(Cl)cc2)cc1)C(=O)C(F)(F)F. The van der Waals surface area contributed by atoms with E-state index in [0.717, 1.165) is 18.2 Å². The summed E-state index contributed by atoms with van der Waals surface area (Å²) in [4.78, 5) is 11.4. The van der Waals surface area contributed by atoms with Crippen LogP contribution in [0.2, 0.25) is 10.0 Å². The molecule has 3 rings (SSSR count). The number of ketones is 1. The van der Waals surface area contributed by atoms with E-state index in [1.54, 1.807) is 24.3 Å². The predicted molar refractivity (Wildman–Crippen MR) is 150 cm³/mol. The van der Waals surface area contributed by atoms with Gasteiger partial charge < -0.3 is 9.47 Å². The van der Waals surface area contributed by atoms with Gasteiger partial charge in [0.1, 0.15) is 18.5 Å². The van der Waals surface area contributed by atoms with Crippen molar-refractivity contribution in [2.45, 2.75) is 37.5 Å².